The summed E-state index contributed by atoms with van der Waals surface area (Å²) in [4.78, 5) is 26.0. The van der Waals surface area contributed by atoms with Crippen molar-refractivity contribution in [1.29, 1.82) is 5.26 Å². The molecule has 0 atom stereocenters. The molecule has 0 bridgehead atoms. The first-order valence-electron chi connectivity index (χ1n) is 11.4. The number of anilines is 1. The Morgan fingerprint density at radius 3 is 2.33 bits per heavy atom. The number of rotatable bonds is 6. The molecule has 9 heteroatoms. The van der Waals surface area contributed by atoms with E-state index in [2.05, 4.69) is 30.3 Å². The van der Waals surface area contributed by atoms with Gasteiger partial charge in [-0.15, -0.1) is 0 Å². The highest BCUT2D eigenvalue weighted by Crippen LogP contribution is 2.39. The third-order valence-corrected chi connectivity index (χ3v) is 6.26. The number of carbonyl (C=O) groups is 2. The van der Waals surface area contributed by atoms with E-state index in [9.17, 15) is 14.9 Å². The van der Waals surface area contributed by atoms with Crippen LogP contribution in [0.5, 0.6) is 17.2 Å². The van der Waals surface area contributed by atoms with Gasteiger partial charge in [0.25, 0.3) is 5.91 Å². The molecule has 0 unspecified atom stereocenters. The Balaban J connectivity index is 1.74. The molecule has 1 heterocycles. The molecular weight excluding hydrogens is 460 g/mol. The highest BCUT2D eigenvalue weighted by atomic mass is 16.5. The molecular formula is C27H28N4O5. The highest BCUT2D eigenvalue weighted by molar-refractivity contribution is 6.06. The lowest BCUT2D eigenvalue weighted by Crippen LogP contribution is -2.28. The third kappa shape index (κ3) is 4.38. The molecule has 3 aromatic rings. The summed E-state index contributed by atoms with van der Waals surface area (Å²) < 4.78 is 17.8. The zero-order valence-corrected chi connectivity index (χ0v) is 21.2. The summed E-state index contributed by atoms with van der Waals surface area (Å²) in [6, 6.07) is 10.3. The molecule has 1 amide bonds. The van der Waals surface area contributed by atoms with E-state index in [0.29, 0.717) is 52.7 Å². The minimum atomic E-state index is -0.460. The van der Waals surface area contributed by atoms with Crippen molar-refractivity contribution in [1.82, 2.24) is 9.78 Å². The number of nitriles is 1. The van der Waals surface area contributed by atoms with E-state index in [0.717, 1.165) is 5.69 Å². The number of carbonyl (C=O) groups excluding carboxylic acids is 2. The number of ether oxygens (including phenoxy) is 3. The third-order valence-electron chi connectivity index (χ3n) is 6.26. The van der Waals surface area contributed by atoms with Crippen LogP contribution >= 0.6 is 0 Å². The number of nitrogens with one attached hydrogen (secondary N) is 1. The maximum Gasteiger partial charge on any atom is 0.255 e. The average molecular weight is 489 g/mol. The molecule has 1 aromatic heterocycles. The number of fused-ring (bicyclic) bond motifs is 1. The van der Waals surface area contributed by atoms with E-state index in [4.69, 9.17) is 14.2 Å². The van der Waals surface area contributed by atoms with Crippen LogP contribution in [0.3, 0.4) is 0 Å². The van der Waals surface area contributed by atoms with E-state index >= 15 is 0 Å². The van der Waals surface area contributed by atoms with Crippen molar-refractivity contribution in [2.24, 2.45) is 5.41 Å². The van der Waals surface area contributed by atoms with Gasteiger partial charge in [0, 0.05) is 12.0 Å². The zero-order valence-electron chi connectivity index (χ0n) is 21.2. The molecule has 0 saturated heterocycles. The lowest BCUT2D eigenvalue weighted by molar-refractivity contribution is 0.0909. The smallest absolute Gasteiger partial charge is 0.255 e. The van der Waals surface area contributed by atoms with Crippen molar-refractivity contribution in [3.63, 3.8) is 0 Å². The van der Waals surface area contributed by atoms with E-state index in [-0.39, 0.29) is 22.3 Å². The molecule has 36 heavy (non-hydrogen) atoms. The van der Waals surface area contributed by atoms with Crippen LogP contribution in [0.2, 0.25) is 0 Å². The topological polar surface area (TPSA) is 115 Å². The normalized spacial score (nSPS) is 14.0. The minimum Gasteiger partial charge on any atom is -0.493 e. The summed E-state index contributed by atoms with van der Waals surface area (Å²) in [5, 5.41) is 17.1. The predicted molar refractivity (Wildman–Crippen MR) is 133 cm³/mol. The number of benzene rings is 2. The van der Waals surface area contributed by atoms with Crippen LogP contribution in [0, 0.1) is 23.7 Å². The number of aromatic nitrogens is 2. The monoisotopic (exact) mass is 488 g/mol. The van der Waals surface area contributed by atoms with Gasteiger partial charge in [-0.25, -0.2) is 4.68 Å². The molecule has 2 aromatic carbocycles. The fourth-order valence-corrected chi connectivity index (χ4v) is 4.63. The molecule has 9 nitrogen and oxygen atoms in total. The van der Waals surface area contributed by atoms with Gasteiger partial charge >= 0.3 is 0 Å². The van der Waals surface area contributed by atoms with Gasteiger partial charge in [0.2, 0.25) is 5.75 Å². The molecule has 0 radical (unpaired) electrons. The molecule has 1 N–H and O–H groups in total. The van der Waals surface area contributed by atoms with Gasteiger partial charge in [-0.05, 0) is 49.1 Å². The maximum atomic E-state index is 13.2. The fourth-order valence-electron chi connectivity index (χ4n) is 4.63. The molecule has 1 aliphatic rings. The Labute approximate surface area is 209 Å². The second-order valence-electron chi connectivity index (χ2n) is 9.47. The average Bonchev–Trinajstić information content (AvgIpc) is 3.17. The number of amides is 1. The largest absolute Gasteiger partial charge is 0.493 e. The second-order valence-corrected chi connectivity index (χ2v) is 9.47. The quantitative estimate of drug-likeness (QED) is 0.544. The van der Waals surface area contributed by atoms with Crippen molar-refractivity contribution in [2.45, 2.75) is 33.6 Å². The molecule has 0 saturated carbocycles. The van der Waals surface area contributed by atoms with Crippen LogP contribution in [0.1, 0.15) is 57.9 Å². The Bertz CT molecular complexity index is 1390. The van der Waals surface area contributed by atoms with Crippen LogP contribution in [-0.4, -0.2) is 42.8 Å². The van der Waals surface area contributed by atoms with Gasteiger partial charge in [0.05, 0.1) is 55.2 Å². The van der Waals surface area contributed by atoms with E-state index < -0.39 is 5.91 Å². The first-order valence-corrected chi connectivity index (χ1v) is 11.4. The van der Waals surface area contributed by atoms with Crippen molar-refractivity contribution in [3.8, 4) is 29.0 Å². The first kappa shape index (κ1) is 24.8. The summed E-state index contributed by atoms with van der Waals surface area (Å²) in [7, 11) is 4.42. The SMILES string of the molecule is COc1cc(C(=O)Nc2cc(-n3nc(C)c4c3CC(C)(C)CC4=O)ccc2C#N)cc(OC)c1OC. The van der Waals surface area contributed by atoms with Crippen molar-refractivity contribution in [2.75, 3.05) is 26.6 Å². The lowest BCUT2D eigenvalue weighted by Gasteiger charge is -2.29. The van der Waals surface area contributed by atoms with Crippen LogP contribution in [0.4, 0.5) is 5.69 Å². The maximum absolute atomic E-state index is 13.2. The van der Waals surface area contributed by atoms with E-state index in [1.807, 2.05) is 6.92 Å². The molecule has 4 rings (SSSR count). The van der Waals surface area contributed by atoms with Gasteiger partial charge in [-0.3, -0.25) is 9.59 Å². The number of aryl methyl sites for hydroxylation is 1. The van der Waals surface area contributed by atoms with Gasteiger partial charge in [0.1, 0.15) is 6.07 Å². The number of hydrogen-bond acceptors (Lipinski definition) is 7. The first-order chi connectivity index (χ1) is 17.1. The Hall–Kier alpha value is -4.32. The minimum absolute atomic E-state index is 0.0783. The van der Waals surface area contributed by atoms with Gasteiger partial charge in [-0.2, -0.15) is 10.4 Å². The van der Waals surface area contributed by atoms with Crippen molar-refractivity contribution >= 4 is 17.4 Å². The molecule has 0 spiro atoms. The van der Waals surface area contributed by atoms with Crippen molar-refractivity contribution < 1.29 is 23.8 Å². The lowest BCUT2D eigenvalue weighted by atomic mass is 9.75. The summed E-state index contributed by atoms with van der Waals surface area (Å²) in [5.41, 5.74) is 3.47. The van der Waals surface area contributed by atoms with Gasteiger partial charge in [0.15, 0.2) is 17.3 Å². The molecule has 0 aliphatic heterocycles. The Morgan fingerprint density at radius 1 is 1.08 bits per heavy atom. The second kappa shape index (κ2) is 9.38. The summed E-state index contributed by atoms with van der Waals surface area (Å²) in [5.74, 6) is 0.657. The van der Waals surface area contributed by atoms with Gasteiger partial charge in [-0.1, -0.05) is 13.8 Å². The van der Waals surface area contributed by atoms with E-state index in [1.54, 1.807) is 22.9 Å². The van der Waals surface area contributed by atoms with Crippen LogP contribution in [-0.2, 0) is 6.42 Å². The molecule has 1 aliphatic carbocycles. The van der Waals surface area contributed by atoms with E-state index in [1.165, 1.54) is 33.5 Å². The Morgan fingerprint density at radius 2 is 1.75 bits per heavy atom. The summed E-state index contributed by atoms with van der Waals surface area (Å²) in [6.45, 7) is 5.94. The summed E-state index contributed by atoms with van der Waals surface area (Å²) >= 11 is 0. The fraction of sp³-hybridized carbons (Fsp3) is 0.333. The van der Waals surface area contributed by atoms with Crippen LogP contribution in [0.25, 0.3) is 5.69 Å². The number of methoxy groups -OCH3 is 3. The standard InChI is InChI=1S/C27H28N4O5/c1-15-24-20(12-27(2,3)13-21(24)32)31(30-15)18-8-7-16(14-28)19(11-18)29-26(33)17-9-22(34-4)25(36-6)23(10-17)35-5/h7-11H,12-13H2,1-6H3,(H,29,33). The highest BCUT2D eigenvalue weighted by Gasteiger charge is 2.35. The number of nitrogens with zero attached hydrogens (tertiary/aromatic N) is 3. The number of hydrogen-bond donors (Lipinski definition) is 1. The van der Waals surface area contributed by atoms with Gasteiger partial charge < -0.3 is 19.5 Å². The van der Waals surface area contributed by atoms with Crippen molar-refractivity contribution in [3.05, 3.63) is 58.4 Å². The zero-order chi connectivity index (χ0) is 26.2. The number of ketones is 1. The van der Waals surface area contributed by atoms with Crippen LogP contribution < -0.4 is 19.5 Å². The predicted octanol–water partition coefficient (Wildman–Crippen LogP) is 4.49. The molecule has 186 valence electrons. The number of Topliss-reactive ketones (excluding diaryl/α,β-unsaturated/α-hetero) is 1. The van der Waals surface area contributed by atoms with Crippen LogP contribution in [0.15, 0.2) is 30.3 Å². The summed E-state index contributed by atoms with van der Waals surface area (Å²) in [6.07, 6.45) is 1.15. The Kier molecular flexibility index (Phi) is 6.46. The molecule has 0 fully saturated rings.